The van der Waals surface area contributed by atoms with E-state index in [4.69, 9.17) is 20.5 Å². The zero-order chi connectivity index (χ0) is 17.2. The van der Waals surface area contributed by atoms with Gasteiger partial charge in [0.25, 0.3) is 0 Å². The summed E-state index contributed by atoms with van der Waals surface area (Å²) in [5, 5.41) is 12.4. The highest BCUT2D eigenvalue weighted by molar-refractivity contribution is 6.30. The van der Waals surface area contributed by atoms with Crippen molar-refractivity contribution in [1.82, 2.24) is 20.3 Å². The second kappa shape index (κ2) is 6.45. The maximum Gasteiger partial charge on any atom is 0.247 e. The van der Waals surface area contributed by atoms with E-state index in [1.54, 1.807) is 36.4 Å². The number of hydrogen-bond donors (Lipinski definition) is 0. The lowest BCUT2D eigenvalue weighted by atomic mass is 10.2. The number of rotatable bonds is 4. The Bertz CT molecular complexity index is 914. The Morgan fingerprint density at radius 3 is 2.36 bits per heavy atom. The predicted molar refractivity (Wildman–Crippen MR) is 87.2 cm³/mol. The van der Waals surface area contributed by atoms with E-state index in [1.165, 1.54) is 12.1 Å². The van der Waals surface area contributed by atoms with Crippen LogP contribution in [-0.4, -0.2) is 20.3 Å². The van der Waals surface area contributed by atoms with Gasteiger partial charge in [0, 0.05) is 16.1 Å². The number of nitrogens with zero attached hydrogens (tertiary/aromatic N) is 4. The lowest BCUT2D eigenvalue weighted by Gasteiger charge is -1.93. The Kier molecular flexibility index (Phi) is 3.99. The molecular weight excluding hydrogens is 347 g/mol. The van der Waals surface area contributed by atoms with Crippen molar-refractivity contribution >= 4 is 11.6 Å². The van der Waals surface area contributed by atoms with Crippen LogP contribution in [0.15, 0.2) is 57.5 Å². The van der Waals surface area contributed by atoms with Gasteiger partial charge in [0.2, 0.25) is 23.5 Å². The van der Waals surface area contributed by atoms with E-state index < -0.39 is 0 Å². The summed E-state index contributed by atoms with van der Waals surface area (Å²) in [6, 6.07) is 12.9. The molecule has 4 rings (SSSR count). The molecule has 0 fully saturated rings. The fourth-order valence-corrected chi connectivity index (χ4v) is 2.33. The van der Waals surface area contributed by atoms with Crippen molar-refractivity contribution in [2.24, 2.45) is 0 Å². The molecule has 0 N–H and O–H groups in total. The van der Waals surface area contributed by atoms with Crippen molar-refractivity contribution in [2.45, 2.75) is 6.42 Å². The quantitative estimate of drug-likeness (QED) is 0.546. The van der Waals surface area contributed by atoms with Gasteiger partial charge in [0.15, 0.2) is 0 Å². The fourth-order valence-electron chi connectivity index (χ4n) is 2.21. The molecule has 0 aliphatic carbocycles. The first-order valence-corrected chi connectivity index (χ1v) is 7.72. The first kappa shape index (κ1) is 15.5. The lowest BCUT2D eigenvalue weighted by molar-refractivity contribution is 0.374. The smallest absolute Gasteiger partial charge is 0.247 e. The van der Waals surface area contributed by atoms with Gasteiger partial charge in [-0.3, -0.25) is 0 Å². The zero-order valence-electron chi connectivity index (χ0n) is 12.7. The molecule has 2 aromatic heterocycles. The van der Waals surface area contributed by atoms with Gasteiger partial charge in [-0.2, -0.15) is 4.98 Å². The third-order valence-electron chi connectivity index (χ3n) is 3.43. The molecule has 0 spiro atoms. The molecule has 0 saturated carbocycles. The molecule has 6 nitrogen and oxygen atoms in total. The molecule has 0 amide bonds. The van der Waals surface area contributed by atoms with Crippen molar-refractivity contribution in [3.63, 3.8) is 0 Å². The first-order valence-electron chi connectivity index (χ1n) is 7.34. The molecule has 25 heavy (non-hydrogen) atoms. The van der Waals surface area contributed by atoms with E-state index in [2.05, 4.69) is 20.3 Å². The summed E-state index contributed by atoms with van der Waals surface area (Å²) >= 11 is 5.86. The van der Waals surface area contributed by atoms with Crippen LogP contribution < -0.4 is 0 Å². The van der Waals surface area contributed by atoms with E-state index in [1.807, 2.05) is 0 Å². The summed E-state index contributed by atoms with van der Waals surface area (Å²) in [5.74, 6) is 1.09. The van der Waals surface area contributed by atoms with Crippen LogP contribution in [0.5, 0.6) is 0 Å². The van der Waals surface area contributed by atoms with Gasteiger partial charge < -0.3 is 8.94 Å². The molecule has 0 atom stereocenters. The second-order valence-electron chi connectivity index (χ2n) is 5.20. The normalized spacial score (nSPS) is 11.0. The van der Waals surface area contributed by atoms with Crippen LogP contribution in [-0.2, 0) is 6.42 Å². The Morgan fingerprint density at radius 2 is 1.60 bits per heavy atom. The highest BCUT2D eigenvalue weighted by atomic mass is 35.5. The molecular formula is C17H10ClFN4O2. The SMILES string of the molecule is Fc1ccc(-c2nnc(Cc3nc(-c4ccc(Cl)cc4)no3)o2)cc1. The number of hydrogen-bond acceptors (Lipinski definition) is 6. The van der Waals surface area contributed by atoms with Crippen LogP contribution in [0.4, 0.5) is 4.39 Å². The van der Waals surface area contributed by atoms with Crippen molar-refractivity contribution in [2.75, 3.05) is 0 Å². The summed E-state index contributed by atoms with van der Waals surface area (Å²) in [6.07, 6.45) is 0.203. The molecule has 4 aromatic rings. The van der Waals surface area contributed by atoms with Gasteiger partial charge in [0.1, 0.15) is 12.2 Å². The van der Waals surface area contributed by atoms with Crippen LogP contribution in [0, 0.1) is 5.82 Å². The van der Waals surface area contributed by atoms with Gasteiger partial charge in [-0.15, -0.1) is 10.2 Å². The van der Waals surface area contributed by atoms with Crippen LogP contribution in [0.2, 0.25) is 5.02 Å². The molecule has 0 bridgehead atoms. The summed E-state index contributed by atoms with van der Waals surface area (Å²) in [6.45, 7) is 0. The van der Waals surface area contributed by atoms with E-state index in [0.717, 1.165) is 5.56 Å². The number of aromatic nitrogens is 4. The van der Waals surface area contributed by atoms with Crippen LogP contribution in [0.25, 0.3) is 22.8 Å². The first-order chi connectivity index (χ1) is 12.2. The molecule has 0 saturated heterocycles. The molecule has 0 aliphatic heterocycles. The maximum atomic E-state index is 13.0. The Labute approximate surface area is 146 Å². The minimum absolute atomic E-state index is 0.203. The van der Waals surface area contributed by atoms with Crippen LogP contribution >= 0.6 is 11.6 Å². The van der Waals surface area contributed by atoms with Gasteiger partial charge in [0.05, 0.1) is 0 Å². The monoisotopic (exact) mass is 356 g/mol. The molecule has 2 heterocycles. The Balaban J connectivity index is 1.51. The Hall–Kier alpha value is -3.06. The third kappa shape index (κ3) is 3.41. The predicted octanol–water partition coefficient (Wildman–Crippen LogP) is 4.17. The van der Waals surface area contributed by atoms with E-state index in [0.29, 0.717) is 34.1 Å². The largest absolute Gasteiger partial charge is 0.420 e. The average Bonchev–Trinajstić information content (AvgIpc) is 3.27. The average molecular weight is 357 g/mol. The maximum absolute atomic E-state index is 13.0. The topological polar surface area (TPSA) is 77.8 Å². The fraction of sp³-hybridized carbons (Fsp3) is 0.0588. The number of benzene rings is 2. The van der Waals surface area contributed by atoms with Gasteiger partial charge in [-0.1, -0.05) is 16.8 Å². The molecule has 8 heteroatoms. The summed E-state index contributed by atoms with van der Waals surface area (Å²) in [5.41, 5.74) is 1.42. The molecule has 124 valence electrons. The van der Waals surface area contributed by atoms with Crippen LogP contribution in [0.3, 0.4) is 0 Å². The summed E-state index contributed by atoms with van der Waals surface area (Å²) in [7, 11) is 0. The van der Waals surface area contributed by atoms with Crippen molar-refractivity contribution < 1.29 is 13.3 Å². The van der Waals surface area contributed by atoms with Gasteiger partial charge >= 0.3 is 0 Å². The van der Waals surface area contributed by atoms with E-state index >= 15 is 0 Å². The third-order valence-corrected chi connectivity index (χ3v) is 3.68. The zero-order valence-corrected chi connectivity index (χ0v) is 13.4. The minimum Gasteiger partial charge on any atom is -0.420 e. The molecule has 0 aliphatic rings. The van der Waals surface area contributed by atoms with Crippen molar-refractivity contribution in [1.29, 1.82) is 0 Å². The summed E-state index contributed by atoms with van der Waals surface area (Å²) < 4.78 is 23.7. The molecule has 2 aromatic carbocycles. The highest BCUT2D eigenvalue weighted by Crippen LogP contribution is 2.21. The van der Waals surface area contributed by atoms with E-state index in [9.17, 15) is 4.39 Å². The molecule has 0 radical (unpaired) electrons. The van der Waals surface area contributed by atoms with Gasteiger partial charge in [-0.25, -0.2) is 4.39 Å². The summed E-state index contributed by atoms with van der Waals surface area (Å²) in [4.78, 5) is 4.30. The minimum atomic E-state index is -0.330. The Morgan fingerprint density at radius 1 is 0.880 bits per heavy atom. The van der Waals surface area contributed by atoms with Gasteiger partial charge in [-0.05, 0) is 48.5 Å². The second-order valence-corrected chi connectivity index (χ2v) is 5.64. The lowest BCUT2D eigenvalue weighted by Crippen LogP contribution is -1.88. The van der Waals surface area contributed by atoms with Crippen molar-refractivity contribution in [3.05, 3.63) is 71.2 Å². The van der Waals surface area contributed by atoms with Crippen LogP contribution in [0.1, 0.15) is 11.8 Å². The number of halogens is 2. The molecule has 0 unspecified atom stereocenters. The standard InChI is InChI=1S/C17H10ClFN4O2/c18-12-5-1-10(2-6-12)16-20-14(25-23-16)9-15-21-22-17(24-15)11-3-7-13(19)8-4-11/h1-8H,9H2. The van der Waals surface area contributed by atoms with Crippen molar-refractivity contribution in [3.8, 4) is 22.8 Å². The van der Waals surface area contributed by atoms with E-state index in [-0.39, 0.29) is 12.2 Å². The highest BCUT2D eigenvalue weighted by Gasteiger charge is 2.14.